The zero-order valence-electron chi connectivity index (χ0n) is 47.7. The fourth-order valence-electron chi connectivity index (χ4n) is 10.8. The molecule has 0 fully saturated rings. The van der Waals surface area contributed by atoms with Crippen molar-refractivity contribution >= 4 is 65.4 Å². The monoisotopic (exact) mass is 1180 g/mol. The van der Waals surface area contributed by atoms with Gasteiger partial charge < -0.3 is 42.0 Å². The first-order valence-corrected chi connectivity index (χ1v) is 29.5. The van der Waals surface area contributed by atoms with E-state index in [9.17, 15) is 0 Å². The summed E-state index contributed by atoms with van der Waals surface area (Å²) in [6.45, 7) is 0.591. The van der Waals surface area contributed by atoms with E-state index in [2.05, 4.69) is 35.5 Å². The van der Waals surface area contributed by atoms with Crippen LogP contribution in [0.15, 0.2) is 169 Å². The van der Waals surface area contributed by atoms with E-state index in [1.807, 2.05) is 131 Å². The lowest BCUT2D eigenvalue weighted by Gasteiger charge is -2.34. The average molecular weight is 1190 g/mol. The largest absolute Gasteiger partial charge is 0.603 e. The minimum atomic E-state index is -5.04. The topological polar surface area (TPSA) is 167 Å². The third-order valence-electron chi connectivity index (χ3n) is 14.5. The van der Waals surface area contributed by atoms with Crippen LogP contribution in [0.3, 0.4) is 0 Å². The Morgan fingerprint density at radius 3 is 1.19 bits per heavy atom. The van der Waals surface area contributed by atoms with Gasteiger partial charge in [-0.3, -0.25) is 8.47 Å². The molecule has 0 amide bonds. The predicted molar refractivity (Wildman–Crippen MR) is 341 cm³/mol. The summed E-state index contributed by atoms with van der Waals surface area (Å²) < 4.78 is 63.5. The summed E-state index contributed by atoms with van der Waals surface area (Å²) in [5.41, 5.74) is 5.65. The maximum atomic E-state index is 8.00. The van der Waals surface area contributed by atoms with Crippen LogP contribution in [0.1, 0.15) is 38.9 Å². The van der Waals surface area contributed by atoms with Gasteiger partial charge in [0.15, 0.2) is 46.3 Å². The smallest absolute Gasteiger partial charge is 0.477 e. The molecule has 2 aromatic heterocycles. The van der Waals surface area contributed by atoms with Crippen LogP contribution in [0.4, 0.5) is 11.6 Å². The number of amidine groups is 4. The molecule has 0 radical (unpaired) electrons. The molecule has 4 aliphatic rings. The minimum absolute atomic E-state index is 0.139. The average Bonchev–Trinajstić information content (AvgIpc) is 1.56. The van der Waals surface area contributed by atoms with Crippen molar-refractivity contribution in [2.45, 2.75) is 20.1 Å². The van der Waals surface area contributed by atoms with Gasteiger partial charge in [-0.05, 0) is 72.6 Å². The maximum absolute atomic E-state index is 8.00. The molecule has 0 spiro atoms. The van der Waals surface area contributed by atoms with Crippen molar-refractivity contribution in [3.63, 3.8) is 0 Å². The summed E-state index contributed by atoms with van der Waals surface area (Å²) in [7, 11) is -5.04. The fourth-order valence-corrected chi connectivity index (χ4v) is 14.0. The molecule has 0 N–H and O–H groups in total. The van der Waals surface area contributed by atoms with Crippen molar-refractivity contribution in [3.05, 3.63) is 189 Å². The predicted octanol–water partition coefficient (Wildman–Crippen LogP) is 9.98. The Balaban J connectivity index is 1.18. The van der Waals surface area contributed by atoms with Crippen molar-refractivity contribution in [2.75, 3.05) is 39.6 Å². The maximum Gasteiger partial charge on any atom is 0.603 e. The van der Waals surface area contributed by atoms with Crippen LogP contribution in [0.25, 0.3) is 21.5 Å². The Kier molecular flexibility index (Phi) is 15.2. The number of nitrogens with zero attached hydrogens (tertiary/aromatic N) is 8. The zero-order chi connectivity index (χ0) is 61.0. The molecule has 6 heterocycles. The molecule has 18 heteroatoms. The van der Waals surface area contributed by atoms with Gasteiger partial charge in [0.25, 0.3) is 0 Å². The van der Waals surface area contributed by atoms with E-state index in [0.717, 1.165) is 27.8 Å². The second-order valence-corrected chi connectivity index (χ2v) is 22.7. The van der Waals surface area contributed by atoms with E-state index in [4.69, 9.17) is 111 Å². The molecule has 430 valence electrons. The van der Waals surface area contributed by atoms with Gasteiger partial charge in [-0.1, -0.05) is 126 Å². The van der Waals surface area contributed by atoms with E-state index in [-0.39, 0.29) is 87.4 Å². The Hall–Kier alpha value is -12.0. The van der Waals surface area contributed by atoms with Crippen molar-refractivity contribution in [1.29, 1.82) is 0 Å². The molecule has 0 saturated carbocycles. The highest BCUT2D eigenvalue weighted by Crippen LogP contribution is 2.47. The summed E-state index contributed by atoms with van der Waals surface area (Å²) in [5.74, 6) is 19.5. The van der Waals surface area contributed by atoms with Crippen LogP contribution in [0.2, 0.25) is 0 Å². The first-order chi connectivity index (χ1) is 43.7. The van der Waals surface area contributed by atoms with Crippen molar-refractivity contribution in [2.24, 2.45) is 30.0 Å². The summed E-state index contributed by atoms with van der Waals surface area (Å²) in [6, 6.07) is 43.8. The SMILES string of the molecule is C#CCOc1cc(CO[Si]2(OCc3cc(OCC#C)c(OCC#C)c(OCC#C)c3)n3c4c5ccc(Oc6ccc(C)cc6)cc5c3N=C3N=C(N=c5c6ccccc6c(n52)=NC2=NC(=N4)c4ccccc42)c2ccccc23)cc(OCC#C)c1OCC#C. The fraction of sp³-hybridized carbons (Fsp3) is 0.127. The number of aromatic nitrogens is 2. The summed E-state index contributed by atoms with van der Waals surface area (Å²) >= 11 is 0. The van der Waals surface area contributed by atoms with Crippen LogP contribution in [-0.4, -0.2) is 80.3 Å². The molecule has 6 bridgehead atoms. The molecule has 89 heavy (non-hydrogen) atoms. The van der Waals surface area contributed by atoms with Crippen LogP contribution < -0.4 is 44.1 Å². The Morgan fingerprint density at radius 1 is 0.382 bits per heavy atom. The molecule has 0 aliphatic carbocycles. The van der Waals surface area contributed by atoms with Crippen LogP contribution in [-0.2, 0) is 22.1 Å². The van der Waals surface area contributed by atoms with Gasteiger partial charge in [0.2, 0.25) is 11.5 Å². The van der Waals surface area contributed by atoms with E-state index in [1.165, 1.54) is 0 Å². The van der Waals surface area contributed by atoms with E-state index >= 15 is 0 Å². The normalized spacial score (nSPS) is 13.2. The van der Waals surface area contributed by atoms with Gasteiger partial charge in [-0.2, -0.15) is 0 Å². The number of ether oxygens (including phenoxy) is 7. The zero-order valence-corrected chi connectivity index (χ0v) is 48.7. The number of rotatable bonds is 20. The van der Waals surface area contributed by atoms with E-state index in [1.54, 1.807) is 24.3 Å². The third-order valence-corrected chi connectivity index (χ3v) is 17.5. The molecule has 9 aromatic rings. The number of hydrogen-bond acceptors (Lipinski definition) is 15. The molecule has 0 atom stereocenters. The number of aryl methyl sites for hydroxylation is 1. The second kappa shape index (κ2) is 24.2. The molecule has 17 nitrogen and oxygen atoms in total. The first-order valence-electron chi connectivity index (χ1n) is 27.8. The number of benzene rings is 7. The Labute approximate surface area is 512 Å². The lowest BCUT2D eigenvalue weighted by molar-refractivity contribution is 0.133. The van der Waals surface area contributed by atoms with Gasteiger partial charge >= 0.3 is 8.88 Å². The second-order valence-electron chi connectivity index (χ2n) is 20.1. The lowest BCUT2D eigenvalue weighted by Crippen LogP contribution is -2.63. The van der Waals surface area contributed by atoms with Crippen molar-refractivity contribution < 1.29 is 42.0 Å². The van der Waals surface area contributed by atoms with Crippen molar-refractivity contribution in [1.82, 2.24) is 8.47 Å². The Bertz CT molecular complexity index is 4720. The van der Waals surface area contributed by atoms with E-state index in [0.29, 0.717) is 90.1 Å². The quantitative estimate of drug-likeness (QED) is 0.0533. The molecular weight excluding hydrogens is 1140 g/mol. The number of fused-ring (bicyclic) bond motifs is 14. The highest BCUT2D eigenvalue weighted by molar-refractivity contribution is 6.66. The highest BCUT2D eigenvalue weighted by atomic mass is 28.4. The van der Waals surface area contributed by atoms with Crippen LogP contribution in [0.5, 0.6) is 46.0 Å². The molecule has 7 aromatic carbocycles. The first kappa shape index (κ1) is 56.1. The molecular formula is C71H48N8O9Si. The summed E-state index contributed by atoms with van der Waals surface area (Å²) in [4.78, 5) is 33.0. The van der Waals surface area contributed by atoms with Gasteiger partial charge in [0.1, 0.15) is 73.8 Å². The number of terminal acetylenes is 6. The van der Waals surface area contributed by atoms with Gasteiger partial charge in [-0.25, -0.2) is 30.0 Å². The molecule has 4 aliphatic heterocycles. The Morgan fingerprint density at radius 2 is 0.764 bits per heavy atom. The lowest BCUT2D eigenvalue weighted by atomic mass is 10.1. The van der Waals surface area contributed by atoms with Crippen LogP contribution >= 0.6 is 0 Å². The number of hydrogen-bond donors (Lipinski definition) is 0. The number of aliphatic imine (C=N–C) groups is 4. The minimum Gasteiger partial charge on any atom is -0.477 e. The van der Waals surface area contributed by atoms with Crippen LogP contribution in [0, 0.1) is 81.0 Å². The summed E-state index contributed by atoms with van der Waals surface area (Å²) in [6.07, 6.45) is 34.7. The van der Waals surface area contributed by atoms with Gasteiger partial charge in [0, 0.05) is 43.8 Å². The standard InChI is InChI=1S/C71H48N8O9Si/c1-8-32-80-58-38-46(39-59(81-33-9-2)62(58)84-36-12-5)43-86-89(87-44-47-40-60(82-34-10-3)63(85-37-13-6)61(41-47)83-35-11-4)78-68-54-24-18-19-25-55(54)69(78)75-65-52-22-16-17-23-53(52)67(73-65)77-71-57-42-49(88-48-28-26-45(7)27-29-48)30-31-56(57)70(79(71)89)76-66-51-21-15-14-20-50(51)64(72-66)74-68/h1-6,14-31,38-42H,32-37,43-44H2,7H3. The van der Waals surface area contributed by atoms with Gasteiger partial charge in [0.05, 0.1) is 13.2 Å². The summed E-state index contributed by atoms with van der Waals surface area (Å²) in [5, 5.41) is 2.51. The van der Waals surface area contributed by atoms with Crippen molar-refractivity contribution in [3.8, 4) is 120 Å². The molecule has 13 rings (SSSR count). The van der Waals surface area contributed by atoms with Gasteiger partial charge in [-0.15, -0.1) is 38.5 Å². The molecule has 0 saturated heterocycles. The third kappa shape index (κ3) is 10.4. The van der Waals surface area contributed by atoms with E-state index < -0.39 is 8.88 Å². The molecule has 0 unspecified atom stereocenters. The highest BCUT2D eigenvalue weighted by Gasteiger charge is 2.53.